The van der Waals surface area contributed by atoms with Crippen molar-refractivity contribution in [3.05, 3.63) is 40.9 Å². The van der Waals surface area contributed by atoms with Crippen molar-refractivity contribution in [1.82, 2.24) is 20.3 Å². The minimum Gasteiger partial charge on any atom is -0.375 e. The smallest absolute Gasteiger partial charge is 0.220 e. The Bertz CT molecular complexity index is 844. The normalized spacial score (nSPS) is 11.0. The summed E-state index contributed by atoms with van der Waals surface area (Å²) >= 11 is 1.42. The van der Waals surface area contributed by atoms with Crippen molar-refractivity contribution >= 4 is 33.4 Å². The number of carbonyl (C=O) groups is 1. The summed E-state index contributed by atoms with van der Waals surface area (Å²) in [5.74, 6) is 0.348. The summed E-state index contributed by atoms with van der Waals surface area (Å²) in [7, 11) is 0. The quantitative estimate of drug-likeness (QED) is 0.572. The predicted molar refractivity (Wildman–Crippen MR) is 92.2 cm³/mol. The van der Waals surface area contributed by atoms with Gasteiger partial charge in [-0.25, -0.2) is 14.4 Å². The number of aryl methyl sites for hydroxylation is 2. The van der Waals surface area contributed by atoms with E-state index in [0.717, 1.165) is 18.5 Å². The minimum atomic E-state index is -0.308. The zero-order chi connectivity index (χ0) is 16.9. The van der Waals surface area contributed by atoms with Crippen molar-refractivity contribution in [2.24, 2.45) is 0 Å². The van der Waals surface area contributed by atoms with E-state index in [1.54, 1.807) is 6.07 Å². The molecule has 0 aliphatic carbocycles. The molecule has 2 heterocycles. The maximum atomic E-state index is 13.1. The molecule has 8 heteroatoms. The number of nitrogens with two attached hydrogens (primary N) is 1. The fraction of sp³-hybridized carbons (Fsp3) is 0.312. The zero-order valence-corrected chi connectivity index (χ0v) is 13.8. The number of H-pyrrole nitrogens is 1. The Morgan fingerprint density at radius 3 is 3.00 bits per heavy atom. The average molecular weight is 347 g/mol. The molecule has 0 fully saturated rings. The van der Waals surface area contributed by atoms with Crippen LogP contribution >= 0.6 is 11.3 Å². The number of nitrogens with one attached hydrogen (secondary N) is 2. The summed E-state index contributed by atoms with van der Waals surface area (Å²) in [6, 6.07) is 4.39. The molecule has 24 heavy (non-hydrogen) atoms. The lowest BCUT2D eigenvalue weighted by Crippen LogP contribution is -2.25. The van der Waals surface area contributed by atoms with E-state index in [1.165, 1.54) is 23.5 Å². The Hall–Kier alpha value is -2.48. The van der Waals surface area contributed by atoms with Crippen molar-refractivity contribution in [2.75, 3.05) is 12.3 Å². The van der Waals surface area contributed by atoms with E-state index in [2.05, 4.69) is 20.3 Å². The maximum Gasteiger partial charge on any atom is 0.220 e. The summed E-state index contributed by atoms with van der Waals surface area (Å²) in [5.41, 5.74) is 7.88. The number of carbonyl (C=O) groups excluding carboxylic acids is 1. The monoisotopic (exact) mass is 347 g/mol. The van der Waals surface area contributed by atoms with Gasteiger partial charge in [-0.15, -0.1) is 11.3 Å². The molecule has 1 amide bonds. The molecule has 0 saturated heterocycles. The van der Waals surface area contributed by atoms with Gasteiger partial charge in [0.1, 0.15) is 11.6 Å². The first-order valence-electron chi connectivity index (χ1n) is 7.71. The molecule has 0 aliphatic heterocycles. The standard InChI is InChI=1S/C16H18FN5OS/c17-10-3-4-12-13(8-10)22-14(21-12)5-6-15(23)19-7-1-2-11-9-24-16(18)20-11/h3-4,8-9H,1-2,5-7H2,(H2,18,20)(H,19,23)(H,21,22). The van der Waals surface area contributed by atoms with E-state index in [9.17, 15) is 9.18 Å². The lowest BCUT2D eigenvalue weighted by molar-refractivity contribution is -0.121. The first-order chi connectivity index (χ1) is 11.6. The van der Waals surface area contributed by atoms with Crippen molar-refractivity contribution in [3.63, 3.8) is 0 Å². The molecule has 6 nitrogen and oxygen atoms in total. The second kappa shape index (κ2) is 7.39. The van der Waals surface area contributed by atoms with E-state index in [4.69, 9.17) is 5.73 Å². The van der Waals surface area contributed by atoms with E-state index >= 15 is 0 Å². The summed E-state index contributed by atoms with van der Waals surface area (Å²) in [6.45, 7) is 0.599. The number of nitrogens with zero attached hydrogens (tertiary/aromatic N) is 2. The number of anilines is 1. The van der Waals surface area contributed by atoms with Gasteiger partial charge in [-0.1, -0.05) is 0 Å². The van der Waals surface area contributed by atoms with Crippen LogP contribution in [-0.4, -0.2) is 27.4 Å². The number of rotatable bonds is 7. The molecule has 3 aromatic rings. The Morgan fingerprint density at radius 1 is 1.33 bits per heavy atom. The second-order valence-electron chi connectivity index (χ2n) is 5.48. The lowest BCUT2D eigenvalue weighted by atomic mass is 10.2. The summed E-state index contributed by atoms with van der Waals surface area (Å²) in [5, 5.41) is 5.38. The highest BCUT2D eigenvalue weighted by Gasteiger charge is 2.07. The van der Waals surface area contributed by atoms with Crippen LogP contribution in [0.2, 0.25) is 0 Å². The van der Waals surface area contributed by atoms with Gasteiger partial charge in [-0.3, -0.25) is 4.79 Å². The number of fused-ring (bicyclic) bond motifs is 1. The highest BCUT2D eigenvalue weighted by Crippen LogP contribution is 2.14. The van der Waals surface area contributed by atoms with Crippen LogP contribution in [0.25, 0.3) is 11.0 Å². The van der Waals surface area contributed by atoms with Crippen LogP contribution in [0.3, 0.4) is 0 Å². The molecule has 0 atom stereocenters. The first kappa shape index (κ1) is 16.4. The number of aromatic nitrogens is 3. The molecule has 126 valence electrons. The number of hydrogen-bond acceptors (Lipinski definition) is 5. The number of thiazole rings is 1. The summed E-state index contributed by atoms with van der Waals surface area (Å²) < 4.78 is 13.1. The van der Waals surface area contributed by atoms with Crippen molar-refractivity contribution in [1.29, 1.82) is 0 Å². The van der Waals surface area contributed by atoms with E-state index in [0.29, 0.717) is 41.4 Å². The lowest BCUT2D eigenvalue weighted by Gasteiger charge is -2.03. The number of imidazole rings is 1. The van der Waals surface area contributed by atoms with Crippen molar-refractivity contribution in [3.8, 4) is 0 Å². The highest BCUT2D eigenvalue weighted by atomic mass is 32.1. The SMILES string of the molecule is Nc1nc(CCCNC(=O)CCc2nc3ccc(F)cc3[nH]2)cs1. The van der Waals surface area contributed by atoms with Gasteiger partial charge in [0, 0.05) is 24.8 Å². The Labute approximate surface area is 142 Å². The van der Waals surface area contributed by atoms with E-state index in [-0.39, 0.29) is 11.7 Å². The first-order valence-corrected chi connectivity index (χ1v) is 8.59. The molecule has 0 aliphatic rings. The van der Waals surface area contributed by atoms with Crippen LogP contribution in [0.1, 0.15) is 24.4 Å². The van der Waals surface area contributed by atoms with Crippen LogP contribution in [0.4, 0.5) is 9.52 Å². The molecular weight excluding hydrogens is 329 g/mol. The van der Waals surface area contributed by atoms with Gasteiger partial charge in [0.05, 0.1) is 16.7 Å². The van der Waals surface area contributed by atoms with Crippen LogP contribution in [0.5, 0.6) is 0 Å². The summed E-state index contributed by atoms with van der Waals surface area (Å²) in [6.07, 6.45) is 2.44. The third kappa shape index (κ3) is 4.29. The number of aromatic amines is 1. The Balaban J connectivity index is 1.40. The largest absolute Gasteiger partial charge is 0.375 e. The number of amides is 1. The average Bonchev–Trinajstić information content (AvgIpc) is 3.15. The van der Waals surface area contributed by atoms with Gasteiger partial charge in [0.15, 0.2) is 5.13 Å². The topological polar surface area (TPSA) is 96.7 Å². The molecule has 0 spiro atoms. The fourth-order valence-electron chi connectivity index (χ4n) is 2.41. The van der Waals surface area contributed by atoms with Gasteiger partial charge < -0.3 is 16.0 Å². The number of nitrogen functional groups attached to an aromatic ring is 1. The molecule has 3 rings (SSSR count). The van der Waals surface area contributed by atoms with Gasteiger partial charge in [0.25, 0.3) is 0 Å². The van der Waals surface area contributed by atoms with Gasteiger partial charge in [-0.2, -0.15) is 0 Å². The molecule has 0 radical (unpaired) electrons. The third-order valence-electron chi connectivity index (χ3n) is 3.58. The molecule has 4 N–H and O–H groups in total. The third-order valence-corrected chi connectivity index (χ3v) is 4.31. The molecule has 0 saturated carbocycles. The predicted octanol–water partition coefficient (Wildman–Crippen LogP) is 2.42. The van der Waals surface area contributed by atoms with Crippen molar-refractivity contribution in [2.45, 2.75) is 25.7 Å². The van der Waals surface area contributed by atoms with Gasteiger partial charge in [-0.05, 0) is 31.0 Å². The van der Waals surface area contributed by atoms with Gasteiger partial charge in [0.2, 0.25) is 5.91 Å². The fourth-order valence-corrected chi connectivity index (χ4v) is 3.01. The Morgan fingerprint density at radius 2 is 2.21 bits per heavy atom. The van der Waals surface area contributed by atoms with E-state index in [1.807, 2.05) is 5.38 Å². The van der Waals surface area contributed by atoms with Crippen LogP contribution < -0.4 is 11.1 Å². The van der Waals surface area contributed by atoms with E-state index < -0.39 is 0 Å². The molecule has 2 aromatic heterocycles. The Kier molecular flexibility index (Phi) is 5.05. The van der Waals surface area contributed by atoms with Crippen LogP contribution in [0, 0.1) is 5.82 Å². The van der Waals surface area contributed by atoms with Crippen LogP contribution in [0.15, 0.2) is 23.6 Å². The van der Waals surface area contributed by atoms with Gasteiger partial charge >= 0.3 is 0 Å². The number of benzene rings is 1. The van der Waals surface area contributed by atoms with Crippen molar-refractivity contribution < 1.29 is 9.18 Å². The molecule has 1 aromatic carbocycles. The minimum absolute atomic E-state index is 0.0283. The maximum absolute atomic E-state index is 13.1. The number of hydrogen-bond donors (Lipinski definition) is 3. The molecular formula is C16H18FN5OS. The molecule has 0 bridgehead atoms. The molecule has 0 unspecified atom stereocenters. The zero-order valence-electron chi connectivity index (χ0n) is 13.0. The second-order valence-corrected chi connectivity index (χ2v) is 6.37. The van der Waals surface area contributed by atoms with Crippen LogP contribution in [-0.2, 0) is 17.6 Å². The number of halogens is 1. The highest BCUT2D eigenvalue weighted by molar-refractivity contribution is 7.13. The summed E-state index contributed by atoms with van der Waals surface area (Å²) in [4.78, 5) is 23.4.